The Morgan fingerprint density at radius 1 is 1.19 bits per heavy atom. The number of ether oxygens (including phenoxy) is 1. The lowest BCUT2D eigenvalue weighted by molar-refractivity contribution is -0.122. The molecule has 3 rings (SSSR count). The SMILES string of the molecule is COc1ccc(N2CCN(CC(=O)N[C@H]3CS(=O)(=O)C[C@@H]3Cl)CC2)cc1. The molecule has 26 heavy (non-hydrogen) atoms. The van der Waals surface area contributed by atoms with Gasteiger partial charge in [-0.2, -0.15) is 0 Å². The molecule has 2 atom stereocenters. The molecule has 1 aromatic rings. The number of alkyl halides is 1. The molecule has 7 nitrogen and oxygen atoms in total. The summed E-state index contributed by atoms with van der Waals surface area (Å²) in [7, 11) is -1.50. The standard InChI is InChI=1S/C17H24ClN3O4S/c1-25-14-4-2-13(3-5-14)21-8-6-20(7-9-21)10-17(22)19-16-12-26(23,24)11-15(16)18/h2-5,15-16H,6-12H2,1H3,(H,19,22)/t15-,16-/m0/s1. The van der Waals surface area contributed by atoms with Crippen LogP contribution in [0.3, 0.4) is 0 Å². The number of nitrogens with zero attached hydrogens (tertiary/aromatic N) is 2. The van der Waals surface area contributed by atoms with E-state index >= 15 is 0 Å². The first-order valence-electron chi connectivity index (χ1n) is 8.61. The summed E-state index contributed by atoms with van der Waals surface area (Å²) in [5.74, 6) is 0.518. The van der Waals surface area contributed by atoms with Gasteiger partial charge in [-0.25, -0.2) is 8.42 Å². The largest absolute Gasteiger partial charge is 0.497 e. The summed E-state index contributed by atoms with van der Waals surface area (Å²) in [5.41, 5.74) is 1.14. The molecule has 0 spiro atoms. The normalized spacial score (nSPS) is 25.8. The second kappa shape index (κ2) is 8.02. The first-order valence-corrected chi connectivity index (χ1v) is 10.9. The van der Waals surface area contributed by atoms with Gasteiger partial charge in [0.2, 0.25) is 5.91 Å². The predicted octanol–water partition coefficient (Wildman–Crippen LogP) is 0.338. The smallest absolute Gasteiger partial charge is 0.234 e. The number of halogens is 1. The fourth-order valence-corrected chi connectivity index (χ4v) is 5.90. The summed E-state index contributed by atoms with van der Waals surface area (Å²) >= 11 is 6.04. The van der Waals surface area contributed by atoms with Crippen LogP contribution >= 0.6 is 11.6 Å². The average molecular weight is 402 g/mol. The van der Waals surface area contributed by atoms with E-state index in [9.17, 15) is 13.2 Å². The van der Waals surface area contributed by atoms with Gasteiger partial charge in [-0.05, 0) is 24.3 Å². The van der Waals surface area contributed by atoms with Crippen molar-refractivity contribution in [3.05, 3.63) is 24.3 Å². The zero-order chi connectivity index (χ0) is 18.7. The first kappa shape index (κ1) is 19.3. The molecule has 0 unspecified atom stereocenters. The average Bonchev–Trinajstić information content (AvgIpc) is 2.87. The van der Waals surface area contributed by atoms with Crippen LogP contribution in [0.5, 0.6) is 5.75 Å². The monoisotopic (exact) mass is 401 g/mol. The minimum absolute atomic E-state index is 0.0694. The zero-order valence-corrected chi connectivity index (χ0v) is 16.3. The van der Waals surface area contributed by atoms with Gasteiger partial charge < -0.3 is 15.0 Å². The Hall–Kier alpha value is -1.51. The summed E-state index contributed by atoms with van der Waals surface area (Å²) < 4.78 is 28.3. The number of carbonyl (C=O) groups excluding carboxylic acids is 1. The van der Waals surface area contributed by atoms with Crippen LogP contribution in [-0.2, 0) is 14.6 Å². The van der Waals surface area contributed by atoms with E-state index in [1.807, 2.05) is 24.3 Å². The van der Waals surface area contributed by atoms with Crippen LogP contribution < -0.4 is 15.0 Å². The maximum Gasteiger partial charge on any atom is 0.234 e. The molecule has 2 fully saturated rings. The third-order valence-corrected chi connectivity index (χ3v) is 7.18. The minimum Gasteiger partial charge on any atom is -0.497 e. The molecule has 0 saturated carbocycles. The summed E-state index contributed by atoms with van der Waals surface area (Å²) in [6.07, 6.45) is 0. The molecular formula is C17H24ClN3O4S. The minimum atomic E-state index is -3.14. The fourth-order valence-electron chi connectivity index (χ4n) is 3.35. The van der Waals surface area contributed by atoms with Crippen molar-refractivity contribution in [2.75, 3.05) is 56.2 Å². The lowest BCUT2D eigenvalue weighted by Crippen LogP contribution is -2.51. The Kier molecular flexibility index (Phi) is 5.94. The second-order valence-corrected chi connectivity index (χ2v) is 9.44. The maximum absolute atomic E-state index is 12.2. The van der Waals surface area contributed by atoms with Crippen molar-refractivity contribution in [1.82, 2.24) is 10.2 Å². The number of rotatable bonds is 5. The van der Waals surface area contributed by atoms with Crippen LogP contribution in [0.1, 0.15) is 0 Å². The van der Waals surface area contributed by atoms with E-state index in [1.54, 1.807) is 7.11 Å². The van der Waals surface area contributed by atoms with E-state index in [0.29, 0.717) is 0 Å². The topological polar surface area (TPSA) is 79.0 Å². The van der Waals surface area contributed by atoms with Gasteiger partial charge in [-0.3, -0.25) is 9.69 Å². The Morgan fingerprint density at radius 2 is 1.85 bits per heavy atom. The van der Waals surface area contributed by atoms with Crippen LogP contribution in [0, 0.1) is 0 Å². The van der Waals surface area contributed by atoms with Crippen molar-refractivity contribution in [1.29, 1.82) is 0 Å². The zero-order valence-electron chi connectivity index (χ0n) is 14.7. The Morgan fingerprint density at radius 3 is 2.38 bits per heavy atom. The van der Waals surface area contributed by atoms with E-state index in [0.717, 1.165) is 37.6 Å². The highest BCUT2D eigenvalue weighted by Crippen LogP contribution is 2.21. The van der Waals surface area contributed by atoms with E-state index < -0.39 is 21.3 Å². The summed E-state index contributed by atoms with van der Waals surface area (Å²) in [6, 6.07) is 7.44. The number of amides is 1. The van der Waals surface area contributed by atoms with Crippen molar-refractivity contribution in [3.8, 4) is 5.75 Å². The van der Waals surface area contributed by atoms with Crippen LogP contribution in [0.25, 0.3) is 0 Å². The molecule has 2 aliphatic heterocycles. The van der Waals surface area contributed by atoms with Gasteiger partial charge in [0, 0.05) is 31.9 Å². The molecule has 9 heteroatoms. The molecule has 0 radical (unpaired) electrons. The lowest BCUT2D eigenvalue weighted by Gasteiger charge is -2.36. The molecule has 144 valence electrons. The highest BCUT2D eigenvalue weighted by Gasteiger charge is 2.37. The Balaban J connectivity index is 1.45. The molecule has 0 aliphatic carbocycles. The lowest BCUT2D eigenvalue weighted by atomic mass is 10.2. The molecular weight excluding hydrogens is 378 g/mol. The third-order valence-electron chi connectivity index (χ3n) is 4.81. The fraction of sp³-hybridized carbons (Fsp3) is 0.588. The number of benzene rings is 1. The molecule has 2 aliphatic rings. The van der Waals surface area contributed by atoms with Gasteiger partial charge in [-0.1, -0.05) is 0 Å². The van der Waals surface area contributed by atoms with E-state index in [1.165, 1.54) is 0 Å². The van der Waals surface area contributed by atoms with Crippen LogP contribution in [-0.4, -0.2) is 82.0 Å². The van der Waals surface area contributed by atoms with E-state index in [-0.39, 0.29) is 24.0 Å². The van der Waals surface area contributed by atoms with Gasteiger partial charge in [0.05, 0.1) is 36.6 Å². The van der Waals surface area contributed by atoms with Crippen molar-refractivity contribution >= 4 is 33.0 Å². The summed E-state index contributed by atoms with van der Waals surface area (Å²) in [6.45, 7) is 3.46. The number of sulfone groups is 1. The molecule has 0 aromatic heterocycles. The van der Waals surface area contributed by atoms with Crippen LogP contribution in [0.15, 0.2) is 24.3 Å². The van der Waals surface area contributed by atoms with Crippen LogP contribution in [0.2, 0.25) is 0 Å². The van der Waals surface area contributed by atoms with Crippen molar-refractivity contribution < 1.29 is 17.9 Å². The van der Waals surface area contributed by atoms with Crippen molar-refractivity contribution in [2.24, 2.45) is 0 Å². The number of hydrogen-bond acceptors (Lipinski definition) is 6. The van der Waals surface area contributed by atoms with Gasteiger partial charge in [0.25, 0.3) is 0 Å². The maximum atomic E-state index is 12.2. The third kappa shape index (κ3) is 4.81. The first-order chi connectivity index (χ1) is 12.4. The van der Waals surface area contributed by atoms with Gasteiger partial charge in [-0.15, -0.1) is 11.6 Å². The summed E-state index contributed by atoms with van der Waals surface area (Å²) in [4.78, 5) is 16.6. The van der Waals surface area contributed by atoms with Gasteiger partial charge >= 0.3 is 0 Å². The van der Waals surface area contributed by atoms with E-state index in [4.69, 9.17) is 16.3 Å². The molecule has 0 bridgehead atoms. The second-order valence-electron chi connectivity index (χ2n) is 6.73. The number of methoxy groups -OCH3 is 1. The highest BCUT2D eigenvalue weighted by molar-refractivity contribution is 7.91. The molecule has 1 amide bonds. The molecule has 1 aromatic carbocycles. The highest BCUT2D eigenvalue weighted by atomic mass is 35.5. The summed E-state index contributed by atoms with van der Waals surface area (Å²) in [5, 5.41) is 2.22. The molecule has 1 N–H and O–H groups in total. The quantitative estimate of drug-likeness (QED) is 0.717. The Labute approximate surface area is 159 Å². The number of hydrogen-bond donors (Lipinski definition) is 1. The van der Waals surface area contributed by atoms with E-state index in [2.05, 4.69) is 15.1 Å². The van der Waals surface area contributed by atoms with Crippen molar-refractivity contribution in [2.45, 2.75) is 11.4 Å². The van der Waals surface area contributed by atoms with Crippen molar-refractivity contribution in [3.63, 3.8) is 0 Å². The van der Waals surface area contributed by atoms with Gasteiger partial charge in [0.15, 0.2) is 9.84 Å². The Bertz CT molecular complexity index is 733. The molecule has 2 heterocycles. The predicted molar refractivity (Wildman–Crippen MR) is 102 cm³/mol. The number of nitrogens with one attached hydrogen (secondary N) is 1. The number of piperazine rings is 1. The molecule has 2 saturated heterocycles. The number of carbonyl (C=O) groups is 1. The number of anilines is 1. The van der Waals surface area contributed by atoms with Crippen LogP contribution in [0.4, 0.5) is 5.69 Å². The van der Waals surface area contributed by atoms with Gasteiger partial charge in [0.1, 0.15) is 5.75 Å².